The van der Waals surface area contributed by atoms with Gasteiger partial charge >= 0.3 is 6.16 Å². The third kappa shape index (κ3) is 7.01. The van der Waals surface area contributed by atoms with E-state index in [1.165, 1.54) is 0 Å². The Balaban J connectivity index is 2.91. The quantitative estimate of drug-likeness (QED) is 0.328. The van der Waals surface area contributed by atoms with E-state index >= 15 is 0 Å². The van der Waals surface area contributed by atoms with Crippen molar-refractivity contribution in [2.24, 2.45) is 0 Å². The van der Waals surface area contributed by atoms with Gasteiger partial charge in [-0.2, -0.15) is 9.90 Å². The molecule has 1 radical (unpaired) electrons. The van der Waals surface area contributed by atoms with E-state index in [2.05, 4.69) is 11.3 Å². The van der Waals surface area contributed by atoms with Gasteiger partial charge in [-0.3, -0.25) is 0 Å². The predicted octanol–water partition coefficient (Wildman–Crippen LogP) is 1.52. The molecule has 0 saturated heterocycles. The molecule has 3 heteroatoms. The third-order valence-corrected chi connectivity index (χ3v) is 0.772. The summed E-state index contributed by atoms with van der Waals surface area (Å²) in [5.74, 6) is 0. The lowest BCUT2D eigenvalue weighted by molar-refractivity contribution is 0.0672. The second-order valence-corrected chi connectivity index (χ2v) is 1.53. The summed E-state index contributed by atoms with van der Waals surface area (Å²) in [5, 5.41) is 9.60. The average Bonchev–Trinajstić information content (AvgIpc) is 1.80. The van der Waals surface area contributed by atoms with Gasteiger partial charge < -0.3 is 4.74 Å². The van der Waals surface area contributed by atoms with Crippen LogP contribution in [-0.2, 0) is 9.84 Å². The van der Waals surface area contributed by atoms with Gasteiger partial charge in [0, 0.05) is 0 Å². The molecule has 3 nitrogen and oxygen atoms in total. The lowest BCUT2D eigenvalue weighted by atomic mass is 10.3. The molecule has 0 aliphatic rings. The number of hydrogen-bond donors (Lipinski definition) is 0. The van der Waals surface area contributed by atoms with Crippen LogP contribution in [0.25, 0.3) is 0 Å². The van der Waals surface area contributed by atoms with Crippen molar-refractivity contribution >= 4 is 6.16 Å². The normalized spacial score (nSPS) is 8.44. The van der Waals surface area contributed by atoms with Crippen LogP contribution in [0.15, 0.2) is 12.7 Å². The van der Waals surface area contributed by atoms with E-state index in [4.69, 9.17) is 0 Å². The highest BCUT2D eigenvalue weighted by Crippen LogP contribution is 1.89. The Morgan fingerprint density at radius 2 is 2.33 bits per heavy atom. The highest BCUT2D eigenvalue weighted by Gasteiger charge is 1.95. The van der Waals surface area contributed by atoms with Gasteiger partial charge in [0.05, 0.1) is 6.61 Å². The van der Waals surface area contributed by atoms with Gasteiger partial charge in [-0.1, -0.05) is 6.08 Å². The lowest BCUT2D eigenvalue weighted by Gasteiger charge is -1.93. The van der Waals surface area contributed by atoms with E-state index < -0.39 is 6.16 Å². The largest absolute Gasteiger partial charge is 0.549 e. The minimum atomic E-state index is -1.46. The zero-order valence-electron chi connectivity index (χ0n) is 5.13. The second-order valence-electron chi connectivity index (χ2n) is 1.53. The van der Waals surface area contributed by atoms with Gasteiger partial charge in [0.25, 0.3) is 0 Å². The van der Waals surface area contributed by atoms with Crippen LogP contribution in [0.1, 0.15) is 12.8 Å². The van der Waals surface area contributed by atoms with Crippen molar-refractivity contribution in [1.82, 2.24) is 0 Å². The minimum absolute atomic E-state index is 0.203. The fourth-order valence-electron chi connectivity index (χ4n) is 0.383. The number of carbonyl (C=O) groups is 1. The molecule has 0 spiro atoms. The summed E-state index contributed by atoms with van der Waals surface area (Å²) >= 11 is 0. The second kappa shape index (κ2) is 5.15. The van der Waals surface area contributed by atoms with E-state index in [-0.39, 0.29) is 6.61 Å². The summed E-state index contributed by atoms with van der Waals surface area (Å²) in [6.07, 6.45) is 1.70. The molecule has 0 N–H and O–H groups in total. The number of carbonyl (C=O) groups excluding carboxylic acids is 1. The van der Waals surface area contributed by atoms with Gasteiger partial charge in [0.1, 0.15) is 0 Å². The smallest absolute Gasteiger partial charge is 0.432 e. The third-order valence-electron chi connectivity index (χ3n) is 0.772. The first-order valence-corrected chi connectivity index (χ1v) is 2.72. The standard InChI is InChI=1S/C6H9O3/c1-2-3-4-5-9-6(7)8/h2H,1,3-5H2. The summed E-state index contributed by atoms with van der Waals surface area (Å²) in [4.78, 5) is 9.60. The van der Waals surface area contributed by atoms with Gasteiger partial charge in [0.15, 0.2) is 0 Å². The Bertz CT molecular complexity index is 98.5. The molecule has 0 unspecified atom stereocenters. The van der Waals surface area contributed by atoms with Crippen LogP contribution in [-0.4, -0.2) is 12.8 Å². The molecule has 0 saturated carbocycles. The summed E-state index contributed by atoms with van der Waals surface area (Å²) in [5.41, 5.74) is 0. The summed E-state index contributed by atoms with van der Waals surface area (Å²) < 4.78 is 4.10. The number of allylic oxidation sites excluding steroid dienone is 1. The van der Waals surface area contributed by atoms with E-state index in [1.807, 2.05) is 0 Å². The Morgan fingerprint density at radius 1 is 1.67 bits per heavy atom. The SMILES string of the molecule is C=CCCCOC([O])=O. The fraction of sp³-hybridized carbons (Fsp3) is 0.500. The van der Waals surface area contributed by atoms with Crippen LogP contribution >= 0.6 is 0 Å². The summed E-state index contributed by atoms with van der Waals surface area (Å²) in [7, 11) is 0. The highest BCUT2D eigenvalue weighted by atomic mass is 16.7. The van der Waals surface area contributed by atoms with Gasteiger partial charge in [-0.15, -0.1) is 6.58 Å². The Morgan fingerprint density at radius 3 is 2.78 bits per heavy atom. The Kier molecular flexibility index (Phi) is 4.59. The molecule has 0 amide bonds. The molecule has 51 valence electrons. The van der Waals surface area contributed by atoms with Crippen molar-refractivity contribution in [3.63, 3.8) is 0 Å². The Labute approximate surface area is 53.9 Å². The van der Waals surface area contributed by atoms with Crippen molar-refractivity contribution < 1.29 is 14.6 Å². The molecule has 0 aromatic heterocycles. The molecule has 0 aromatic rings. The molecular weight excluding hydrogens is 120 g/mol. The van der Waals surface area contributed by atoms with Crippen molar-refractivity contribution in [2.75, 3.05) is 6.61 Å². The van der Waals surface area contributed by atoms with Crippen molar-refractivity contribution in [2.45, 2.75) is 12.8 Å². The van der Waals surface area contributed by atoms with E-state index in [0.29, 0.717) is 6.42 Å². The van der Waals surface area contributed by atoms with E-state index in [1.54, 1.807) is 6.08 Å². The molecule has 0 aliphatic carbocycles. The van der Waals surface area contributed by atoms with Crippen LogP contribution in [0, 0.1) is 0 Å². The van der Waals surface area contributed by atoms with Crippen molar-refractivity contribution in [3.05, 3.63) is 12.7 Å². The van der Waals surface area contributed by atoms with Crippen molar-refractivity contribution in [3.8, 4) is 0 Å². The van der Waals surface area contributed by atoms with Crippen LogP contribution in [0.5, 0.6) is 0 Å². The first-order chi connectivity index (χ1) is 4.27. The molecule has 0 fully saturated rings. The highest BCUT2D eigenvalue weighted by molar-refractivity contribution is 5.56. The van der Waals surface area contributed by atoms with Crippen LogP contribution in [0.2, 0.25) is 0 Å². The summed E-state index contributed by atoms with van der Waals surface area (Å²) in [6.45, 7) is 3.66. The zero-order valence-corrected chi connectivity index (χ0v) is 5.13. The first-order valence-electron chi connectivity index (χ1n) is 2.72. The monoisotopic (exact) mass is 129 g/mol. The molecule has 0 aliphatic heterocycles. The lowest BCUT2D eigenvalue weighted by Crippen LogP contribution is -1.99. The molecule has 0 bridgehead atoms. The number of hydrogen-bond acceptors (Lipinski definition) is 2. The molecule has 0 rings (SSSR count). The number of rotatable bonds is 4. The van der Waals surface area contributed by atoms with Crippen molar-refractivity contribution in [1.29, 1.82) is 0 Å². The topological polar surface area (TPSA) is 46.2 Å². The molecule has 0 heterocycles. The fourth-order valence-corrected chi connectivity index (χ4v) is 0.383. The van der Waals surface area contributed by atoms with Crippen LogP contribution in [0.3, 0.4) is 0 Å². The number of unbranched alkanes of at least 4 members (excludes halogenated alkanes) is 1. The summed E-state index contributed by atoms with van der Waals surface area (Å²) in [6, 6.07) is 0. The maximum atomic E-state index is 9.60. The molecule has 9 heavy (non-hydrogen) atoms. The average molecular weight is 129 g/mol. The van der Waals surface area contributed by atoms with Crippen LogP contribution in [0.4, 0.5) is 4.79 Å². The minimum Gasteiger partial charge on any atom is -0.432 e. The molecular formula is C6H9O3. The molecule has 0 atom stereocenters. The van der Waals surface area contributed by atoms with Gasteiger partial charge in [-0.05, 0) is 12.8 Å². The zero-order chi connectivity index (χ0) is 7.11. The van der Waals surface area contributed by atoms with E-state index in [0.717, 1.165) is 6.42 Å². The number of ether oxygens (including phenoxy) is 1. The van der Waals surface area contributed by atoms with Gasteiger partial charge in [-0.25, -0.2) is 0 Å². The molecule has 0 aromatic carbocycles. The van der Waals surface area contributed by atoms with E-state index in [9.17, 15) is 9.90 Å². The van der Waals surface area contributed by atoms with Gasteiger partial charge in [0.2, 0.25) is 0 Å². The Hall–Kier alpha value is -0.990. The first kappa shape index (κ1) is 8.01. The predicted molar refractivity (Wildman–Crippen MR) is 31.5 cm³/mol. The maximum absolute atomic E-state index is 9.60. The maximum Gasteiger partial charge on any atom is 0.549 e. The van der Waals surface area contributed by atoms with Crippen LogP contribution < -0.4 is 0 Å².